The van der Waals surface area contributed by atoms with Crippen LogP contribution in [0.5, 0.6) is 0 Å². The first-order valence-corrected chi connectivity index (χ1v) is 11.6. The van der Waals surface area contributed by atoms with E-state index < -0.39 is 0 Å². The van der Waals surface area contributed by atoms with E-state index in [2.05, 4.69) is 19.1 Å². The Labute approximate surface area is 166 Å². The molecule has 3 heteroatoms. The number of cyclic esters (lactones) is 2. The Bertz CT molecular complexity index is 468. The molecule has 2 aliphatic rings. The molecule has 0 spiro atoms. The third-order valence-electron chi connectivity index (χ3n) is 6.39. The average Bonchev–Trinajstić information content (AvgIpc) is 2.97. The topological polar surface area (TPSA) is 43.4 Å². The van der Waals surface area contributed by atoms with Gasteiger partial charge in [0, 0.05) is 0 Å². The monoisotopic (exact) mass is 376 g/mol. The van der Waals surface area contributed by atoms with Gasteiger partial charge in [0.1, 0.15) is 0 Å². The van der Waals surface area contributed by atoms with E-state index in [0.717, 1.165) is 32.1 Å². The summed E-state index contributed by atoms with van der Waals surface area (Å²) in [5, 5.41) is 0. The minimum Gasteiger partial charge on any atom is -0.393 e. The van der Waals surface area contributed by atoms with E-state index in [1.165, 1.54) is 70.6 Å². The zero-order chi connectivity index (χ0) is 19.3. The number of hydrogen-bond donors (Lipinski definition) is 0. The molecule has 1 aliphatic carbocycles. The lowest BCUT2D eigenvalue weighted by atomic mass is 9.72. The van der Waals surface area contributed by atoms with E-state index in [1.807, 2.05) is 0 Å². The van der Waals surface area contributed by atoms with Gasteiger partial charge in [-0.3, -0.25) is 9.59 Å². The third-order valence-corrected chi connectivity index (χ3v) is 6.39. The van der Waals surface area contributed by atoms with Crippen LogP contribution < -0.4 is 0 Å². The number of fused-ring (bicyclic) bond motifs is 1. The molecule has 3 atom stereocenters. The number of esters is 2. The SMILES string of the molecule is CCCCCCCCCCCCC/C=C/CC1CCCC2C(=O)OC(=O)C12. The summed E-state index contributed by atoms with van der Waals surface area (Å²) in [6.07, 6.45) is 24.7. The number of hydrogen-bond acceptors (Lipinski definition) is 3. The van der Waals surface area contributed by atoms with Crippen molar-refractivity contribution in [3.05, 3.63) is 12.2 Å². The van der Waals surface area contributed by atoms with Crippen LogP contribution in [0.2, 0.25) is 0 Å². The van der Waals surface area contributed by atoms with Gasteiger partial charge in [0.25, 0.3) is 0 Å². The molecule has 1 heterocycles. The maximum Gasteiger partial charge on any atom is 0.317 e. The second-order valence-electron chi connectivity index (χ2n) is 8.59. The van der Waals surface area contributed by atoms with Gasteiger partial charge in [-0.2, -0.15) is 0 Å². The largest absolute Gasteiger partial charge is 0.393 e. The molecule has 0 amide bonds. The van der Waals surface area contributed by atoms with Crippen molar-refractivity contribution in [2.24, 2.45) is 17.8 Å². The minimum absolute atomic E-state index is 0.156. The van der Waals surface area contributed by atoms with E-state index in [-0.39, 0.29) is 23.8 Å². The highest BCUT2D eigenvalue weighted by Gasteiger charge is 2.49. The number of carbonyl (C=O) groups excluding carboxylic acids is 2. The van der Waals surface area contributed by atoms with Crippen LogP contribution in [0.4, 0.5) is 0 Å². The average molecular weight is 377 g/mol. The molecule has 0 N–H and O–H groups in total. The first kappa shape index (κ1) is 22.2. The zero-order valence-electron chi connectivity index (χ0n) is 17.4. The van der Waals surface area contributed by atoms with Gasteiger partial charge in [0.15, 0.2) is 0 Å². The van der Waals surface area contributed by atoms with Crippen LogP contribution in [0.3, 0.4) is 0 Å². The van der Waals surface area contributed by atoms with Gasteiger partial charge >= 0.3 is 11.9 Å². The van der Waals surface area contributed by atoms with Crippen LogP contribution in [-0.4, -0.2) is 11.9 Å². The number of ether oxygens (including phenoxy) is 1. The number of allylic oxidation sites excluding steroid dienone is 2. The molecule has 154 valence electrons. The molecule has 2 fully saturated rings. The highest BCUT2D eigenvalue weighted by molar-refractivity contribution is 5.96. The normalized spacial score (nSPS) is 25.1. The van der Waals surface area contributed by atoms with E-state index in [9.17, 15) is 9.59 Å². The van der Waals surface area contributed by atoms with Crippen molar-refractivity contribution in [1.82, 2.24) is 0 Å². The summed E-state index contributed by atoms with van der Waals surface area (Å²) in [4.78, 5) is 23.6. The van der Waals surface area contributed by atoms with Gasteiger partial charge in [-0.1, -0.05) is 89.7 Å². The molecule has 2 rings (SSSR count). The minimum atomic E-state index is -0.278. The maximum atomic E-state index is 11.9. The summed E-state index contributed by atoms with van der Waals surface area (Å²) in [5.41, 5.74) is 0. The summed E-state index contributed by atoms with van der Waals surface area (Å²) >= 11 is 0. The molecule has 1 aliphatic heterocycles. The first-order chi connectivity index (χ1) is 13.2. The molecular weight excluding hydrogens is 336 g/mol. The van der Waals surface area contributed by atoms with Crippen LogP contribution >= 0.6 is 0 Å². The summed E-state index contributed by atoms with van der Waals surface area (Å²) in [6.45, 7) is 2.27. The Morgan fingerprint density at radius 1 is 0.815 bits per heavy atom. The van der Waals surface area contributed by atoms with Crippen molar-refractivity contribution in [3.63, 3.8) is 0 Å². The summed E-state index contributed by atoms with van der Waals surface area (Å²) in [5.74, 6) is -0.571. The second kappa shape index (κ2) is 13.1. The number of rotatable bonds is 14. The molecule has 1 saturated carbocycles. The lowest BCUT2D eigenvalue weighted by Crippen LogP contribution is -2.30. The second-order valence-corrected chi connectivity index (χ2v) is 8.59. The molecule has 3 nitrogen and oxygen atoms in total. The molecule has 0 aromatic rings. The van der Waals surface area contributed by atoms with Crippen LogP contribution in [0.25, 0.3) is 0 Å². The van der Waals surface area contributed by atoms with Gasteiger partial charge in [-0.15, -0.1) is 0 Å². The van der Waals surface area contributed by atoms with E-state index in [0.29, 0.717) is 5.92 Å². The molecule has 0 bridgehead atoms. The lowest BCUT2D eigenvalue weighted by molar-refractivity contribution is -0.154. The molecular formula is C24H40O3. The molecule has 0 aromatic heterocycles. The standard InChI is InChI=1S/C24H40O3/c1-2-3-4-5-6-7-8-9-10-11-12-13-14-15-17-20-18-16-19-21-22(20)24(26)27-23(21)25/h14-15,20-22H,2-13,16-19H2,1H3/b15-14+. The fourth-order valence-corrected chi connectivity index (χ4v) is 4.73. The van der Waals surface area contributed by atoms with Crippen molar-refractivity contribution in [3.8, 4) is 0 Å². The lowest BCUT2D eigenvalue weighted by Gasteiger charge is -2.28. The molecule has 0 radical (unpaired) electrons. The van der Waals surface area contributed by atoms with E-state index in [1.54, 1.807) is 0 Å². The van der Waals surface area contributed by atoms with Crippen molar-refractivity contribution < 1.29 is 14.3 Å². The first-order valence-electron chi connectivity index (χ1n) is 11.6. The third kappa shape index (κ3) is 7.79. The number of carbonyl (C=O) groups is 2. The van der Waals surface area contributed by atoms with Crippen LogP contribution in [-0.2, 0) is 14.3 Å². The van der Waals surface area contributed by atoms with E-state index in [4.69, 9.17) is 4.74 Å². The predicted octanol–water partition coefficient (Wildman–Crippen LogP) is 6.75. The van der Waals surface area contributed by atoms with Gasteiger partial charge in [0.05, 0.1) is 11.8 Å². The zero-order valence-corrected chi connectivity index (χ0v) is 17.4. The Morgan fingerprint density at radius 3 is 2.11 bits per heavy atom. The predicted molar refractivity (Wildman–Crippen MR) is 110 cm³/mol. The highest BCUT2D eigenvalue weighted by Crippen LogP contribution is 2.42. The molecule has 27 heavy (non-hydrogen) atoms. The van der Waals surface area contributed by atoms with Gasteiger partial charge in [-0.25, -0.2) is 0 Å². The Kier molecular flexibility index (Phi) is 10.8. The van der Waals surface area contributed by atoms with Crippen molar-refractivity contribution >= 4 is 11.9 Å². The quantitative estimate of drug-likeness (QED) is 0.146. The van der Waals surface area contributed by atoms with Crippen LogP contribution in [0.1, 0.15) is 110 Å². The molecule has 3 unspecified atom stereocenters. The smallest absolute Gasteiger partial charge is 0.317 e. The van der Waals surface area contributed by atoms with Gasteiger partial charge in [-0.05, 0) is 38.0 Å². The fraction of sp³-hybridized carbons (Fsp3) is 0.833. The summed E-state index contributed by atoms with van der Waals surface area (Å²) in [6, 6.07) is 0. The highest BCUT2D eigenvalue weighted by atomic mass is 16.6. The Hall–Kier alpha value is -1.12. The maximum absolute atomic E-state index is 11.9. The number of unbranched alkanes of at least 4 members (excludes halogenated alkanes) is 11. The Balaban J connectivity index is 1.45. The van der Waals surface area contributed by atoms with Crippen molar-refractivity contribution in [2.75, 3.05) is 0 Å². The van der Waals surface area contributed by atoms with Gasteiger partial charge in [0.2, 0.25) is 0 Å². The summed E-state index contributed by atoms with van der Waals surface area (Å²) < 4.78 is 4.86. The fourth-order valence-electron chi connectivity index (χ4n) is 4.73. The van der Waals surface area contributed by atoms with Crippen LogP contribution in [0, 0.1) is 17.8 Å². The van der Waals surface area contributed by atoms with Crippen molar-refractivity contribution in [1.29, 1.82) is 0 Å². The van der Waals surface area contributed by atoms with Crippen LogP contribution in [0.15, 0.2) is 12.2 Å². The van der Waals surface area contributed by atoms with Crippen molar-refractivity contribution in [2.45, 2.75) is 110 Å². The van der Waals surface area contributed by atoms with Gasteiger partial charge < -0.3 is 4.74 Å². The van der Waals surface area contributed by atoms with E-state index >= 15 is 0 Å². The Morgan fingerprint density at radius 2 is 1.44 bits per heavy atom. The molecule has 1 saturated heterocycles. The molecule has 0 aromatic carbocycles. The summed E-state index contributed by atoms with van der Waals surface area (Å²) in [7, 11) is 0.